The van der Waals surface area contributed by atoms with Gasteiger partial charge in [-0.2, -0.15) is 0 Å². The second-order valence-corrected chi connectivity index (χ2v) is 4.50. The zero-order valence-electron chi connectivity index (χ0n) is 11.2. The van der Waals surface area contributed by atoms with Crippen molar-refractivity contribution in [2.75, 3.05) is 17.7 Å². The molecule has 4 nitrogen and oxygen atoms in total. The molecule has 1 aromatic heterocycles. The highest BCUT2D eigenvalue weighted by atomic mass is 15.2. The van der Waals surface area contributed by atoms with Crippen LogP contribution in [0.1, 0.15) is 17.0 Å². The largest absolute Gasteiger partial charge is 0.383 e. The molecule has 0 aliphatic carbocycles. The van der Waals surface area contributed by atoms with Crippen molar-refractivity contribution in [3.8, 4) is 0 Å². The van der Waals surface area contributed by atoms with Gasteiger partial charge in [0, 0.05) is 18.3 Å². The highest BCUT2D eigenvalue weighted by Crippen LogP contribution is 2.27. The van der Waals surface area contributed by atoms with Gasteiger partial charge in [-0.1, -0.05) is 12.1 Å². The zero-order chi connectivity index (χ0) is 13.3. The van der Waals surface area contributed by atoms with Crippen molar-refractivity contribution in [1.82, 2.24) is 9.97 Å². The Morgan fingerprint density at radius 1 is 1.11 bits per heavy atom. The van der Waals surface area contributed by atoms with Crippen molar-refractivity contribution in [3.05, 3.63) is 41.2 Å². The van der Waals surface area contributed by atoms with Crippen molar-refractivity contribution < 1.29 is 0 Å². The van der Waals surface area contributed by atoms with E-state index in [4.69, 9.17) is 5.73 Å². The van der Waals surface area contributed by atoms with E-state index < -0.39 is 0 Å². The van der Waals surface area contributed by atoms with Gasteiger partial charge in [0.05, 0.1) is 0 Å². The topological polar surface area (TPSA) is 55.0 Å². The fourth-order valence-electron chi connectivity index (χ4n) is 1.92. The number of hydrogen-bond donors (Lipinski definition) is 1. The molecule has 0 atom stereocenters. The Labute approximate surface area is 107 Å². The maximum Gasteiger partial charge on any atom is 0.141 e. The summed E-state index contributed by atoms with van der Waals surface area (Å²) < 4.78 is 0. The zero-order valence-corrected chi connectivity index (χ0v) is 11.2. The quantitative estimate of drug-likeness (QED) is 0.879. The van der Waals surface area contributed by atoms with E-state index >= 15 is 0 Å². The fraction of sp³-hybridized carbons (Fsp3) is 0.286. The molecule has 0 aliphatic heterocycles. The van der Waals surface area contributed by atoms with Crippen LogP contribution in [0.2, 0.25) is 0 Å². The predicted molar refractivity (Wildman–Crippen MR) is 75.2 cm³/mol. The van der Waals surface area contributed by atoms with E-state index in [-0.39, 0.29) is 0 Å². The normalized spacial score (nSPS) is 10.4. The Hall–Kier alpha value is -2.10. The Morgan fingerprint density at radius 3 is 2.50 bits per heavy atom. The molecule has 18 heavy (non-hydrogen) atoms. The number of aryl methyl sites for hydroxylation is 2. The van der Waals surface area contributed by atoms with Crippen LogP contribution < -0.4 is 10.6 Å². The Bertz CT molecular complexity index is 578. The monoisotopic (exact) mass is 242 g/mol. The van der Waals surface area contributed by atoms with Gasteiger partial charge in [0.25, 0.3) is 0 Å². The number of nitrogen functional groups attached to an aromatic ring is 1. The summed E-state index contributed by atoms with van der Waals surface area (Å²) in [6.45, 7) is 5.86. The molecule has 0 saturated carbocycles. The molecule has 2 aromatic rings. The van der Waals surface area contributed by atoms with E-state index in [1.165, 1.54) is 5.56 Å². The standard InChI is InChI=1S/C14H18N4/c1-9-6-5-7-12(8-9)18(4)14-10(2)13(15)16-11(3)17-14/h5-8H,1-4H3,(H2,15,16,17). The lowest BCUT2D eigenvalue weighted by Gasteiger charge is -2.21. The third-order valence-electron chi connectivity index (χ3n) is 2.98. The molecule has 0 aliphatic rings. The summed E-state index contributed by atoms with van der Waals surface area (Å²) in [6, 6.07) is 8.28. The molecular formula is C14H18N4. The van der Waals surface area contributed by atoms with E-state index in [0.29, 0.717) is 11.6 Å². The summed E-state index contributed by atoms with van der Waals surface area (Å²) >= 11 is 0. The van der Waals surface area contributed by atoms with Crippen molar-refractivity contribution in [1.29, 1.82) is 0 Å². The molecule has 0 saturated heterocycles. The molecule has 1 heterocycles. The summed E-state index contributed by atoms with van der Waals surface area (Å²) in [7, 11) is 1.99. The van der Waals surface area contributed by atoms with Crippen molar-refractivity contribution in [3.63, 3.8) is 0 Å². The van der Waals surface area contributed by atoms with Gasteiger partial charge in [0.15, 0.2) is 0 Å². The van der Waals surface area contributed by atoms with Gasteiger partial charge >= 0.3 is 0 Å². The first-order chi connectivity index (χ1) is 8.49. The van der Waals surface area contributed by atoms with Gasteiger partial charge in [-0.25, -0.2) is 9.97 Å². The average Bonchev–Trinajstić information content (AvgIpc) is 2.33. The number of benzene rings is 1. The minimum absolute atomic E-state index is 0.539. The summed E-state index contributed by atoms with van der Waals surface area (Å²) in [5.41, 5.74) is 9.11. The fourth-order valence-corrected chi connectivity index (χ4v) is 1.92. The van der Waals surface area contributed by atoms with Gasteiger partial charge < -0.3 is 10.6 Å². The summed E-state index contributed by atoms with van der Waals surface area (Å²) in [6.07, 6.45) is 0. The molecule has 0 bridgehead atoms. The van der Waals surface area contributed by atoms with Crippen LogP contribution in [0.5, 0.6) is 0 Å². The van der Waals surface area contributed by atoms with Gasteiger partial charge in [-0.05, 0) is 38.5 Å². The molecule has 0 spiro atoms. The molecule has 0 radical (unpaired) electrons. The minimum Gasteiger partial charge on any atom is -0.383 e. The molecule has 2 rings (SSSR count). The third kappa shape index (κ3) is 2.27. The first-order valence-electron chi connectivity index (χ1n) is 5.90. The smallest absolute Gasteiger partial charge is 0.141 e. The molecular weight excluding hydrogens is 224 g/mol. The van der Waals surface area contributed by atoms with E-state index in [1.807, 2.05) is 31.9 Å². The van der Waals surface area contributed by atoms with Crippen LogP contribution in [0.4, 0.5) is 17.3 Å². The van der Waals surface area contributed by atoms with Crippen LogP contribution in [-0.2, 0) is 0 Å². The molecule has 94 valence electrons. The second kappa shape index (κ2) is 4.64. The highest BCUT2D eigenvalue weighted by Gasteiger charge is 2.12. The molecule has 0 amide bonds. The maximum absolute atomic E-state index is 5.89. The van der Waals surface area contributed by atoms with Crippen LogP contribution in [0.25, 0.3) is 0 Å². The third-order valence-corrected chi connectivity index (χ3v) is 2.98. The summed E-state index contributed by atoms with van der Waals surface area (Å²) in [5.74, 6) is 2.08. The first-order valence-corrected chi connectivity index (χ1v) is 5.90. The van der Waals surface area contributed by atoms with E-state index in [9.17, 15) is 0 Å². The minimum atomic E-state index is 0.539. The van der Waals surface area contributed by atoms with E-state index in [2.05, 4.69) is 35.1 Å². The van der Waals surface area contributed by atoms with Crippen LogP contribution in [-0.4, -0.2) is 17.0 Å². The Morgan fingerprint density at radius 2 is 1.83 bits per heavy atom. The van der Waals surface area contributed by atoms with Crippen LogP contribution >= 0.6 is 0 Å². The predicted octanol–water partition coefficient (Wildman–Crippen LogP) is 2.75. The number of anilines is 3. The van der Waals surface area contributed by atoms with Crippen LogP contribution in [0.15, 0.2) is 24.3 Å². The SMILES string of the molecule is Cc1cccc(N(C)c2nc(C)nc(N)c2C)c1. The van der Waals surface area contributed by atoms with E-state index in [1.54, 1.807) is 0 Å². The van der Waals surface area contributed by atoms with Gasteiger partial charge in [0.1, 0.15) is 17.5 Å². The number of hydrogen-bond acceptors (Lipinski definition) is 4. The number of aromatic nitrogens is 2. The van der Waals surface area contributed by atoms with Crippen molar-refractivity contribution in [2.24, 2.45) is 0 Å². The first kappa shape index (κ1) is 12.4. The van der Waals surface area contributed by atoms with Crippen LogP contribution in [0, 0.1) is 20.8 Å². The van der Waals surface area contributed by atoms with E-state index in [0.717, 1.165) is 17.1 Å². The van der Waals surface area contributed by atoms with Crippen molar-refractivity contribution >= 4 is 17.3 Å². The second-order valence-electron chi connectivity index (χ2n) is 4.50. The summed E-state index contributed by atoms with van der Waals surface area (Å²) in [5, 5.41) is 0. The molecule has 1 aromatic carbocycles. The molecule has 4 heteroatoms. The van der Waals surface area contributed by atoms with Gasteiger partial charge in [-0.3, -0.25) is 0 Å². The van der Waals surface area contributed by atoms with Gasteiger partial charge in [0.2, 0.25) is 0 Å². The number of nitrogens with two attached hydrogens (primary N) is 1. The maximum atomic E-state index is 5.89. The highest BCUT2D eigenvalue weighted by molar-refractivity contribution is 5.66. The molecule has 2 N–H and O–H groups in total. The number of rotatable bonds is 2. The molecule has 0 unspecified atom stereocenters. The summed E-state index contributed by atoms with van der Waals surface area (Å²) in [4.78, 5) is 10.7. The average molecular weight is 242 g/mol. The lowest BCUT2D eigenvalue weighted by atomic mass is 10.2. The lowest BCUT2D eigenvalue weighted by Crippen LogP contribution is -2.15. The number of nitrogens with zero attached hydrogens (tertiary/aromatic N) is 3. The Balaban J connectivity index is 2.49. The van der Waals surface area contributed by atoms with Gasteiger partial charge in [-0.15, -0.1) is 0 Å². The van der Waals surface area contributed by atoms with Crippen molar-refractivity contribution in [2.45, 2.75) is 20.8 Å². The molecule has 0 fully saturated rings. The lowest BCUT2D eigenvalue weighted by molar-refractivity contribution is 0.999. The Kier molecular flexibility index (Phi) is 3.19. The van der Waals surface area contributed by atoms with Crippen LogP contribution in [0.3, 0.4) is 0 Å².